The average molecular weight is 261 g/mol. The third-order valence-electron chi connectivity index (χ3n) is 3.71. The minimum absolute atomic E-state index is 0.0698. The van der Waals surface area contributed by atoms with Crippen LogP contribution in [0.5, 0.6) is 0 Å². The van der Waals surface area contributed by atoms with Crippen LogP contribution in [-0.2, 0) is 4.79 Å². The van der Waals surface area contributed by atoms with Gasteiger partial charge in [0.05, 0.1) is 11.3 Å². The SMILES string of the molecule is Cc1cccc(NC(=O)C(C)C2CNC2)c1C(N)=O. The Labute approximate surface area is 112 Å². The summed E-state index contributed by atoms with van der Waals surface area (Å²) in [6.07, 6.45) is 0. The Morgan fingerprint density at radius 1 is 1.42 bits per heavy atom. The molecule has 1 heterocycles. The van der Waals surface area contributed by atoms with Gasteiger partial charge in [0.15, 0.2) is 0 Å². The van der Waals surface area contributed by atoms with Gasteiger partial charge in [-0.15, -0.1) is 0 Å². The highest BCUT2D eigenvalue weighted by molar-refractivity contribution is 6.04. The second-order valence-corrected chi connectivity index (χ2v) is 5.06. The third-order valence-corrected chi connectivity index (χ3v) is 3.71. The van der Waals surface area contributed by atoms with E-state index in [4.69, 9.17) is 5.73 Å². The molecule has 19 heavy (non-hydrogen) atoms. The zero-order chi connectivity index (χ0) is 14.0. The molecule has 0 saturated carbocycles. The number of carbonyl (C=O) groups excluding carboxylic acids is 2. The Morgan fingerprint density at radius 3 is 2.63 bits per heavy atom. The summed E-state index contributed by atoms with van der Waals surface area (Å²) in [6.45, 7) is 5.44. The van der Waals surface area contributed by atoms with E-state index in [0.717, 1.165) is 18.7 Å². The van der Waals surface area contributed by atoms with Crippen molar-refractivity contribution in [3.05, 3.63) is 29.3 Å². The van der Waals surface area contributed by atoms with Crippen LogP contribution in [-0.4, -0.2) is 24.9 Å². The van der Waals surface area contributed by atoms with E-state index in [1.165, 1.54) is 0 Å². The van der Waals surface area contributed by atoms with Crippen LogP contribution in [0.3, 0.4) is 0 Å². The molecule has 0 aliphatic carbocycles. The molecule has 2 amide bonds. The predicted octanol–water partition coefficient (Wildman–Crippen LogP) is 0.888. The number of anilines is 1. The number of amides is 2. The van der Waals surface area contributed by atoms with Crippen LogP contribution >= 0.6 is 0 Å². The van der Waals surface area contributed by atoms with Gasteiger partial charge in [0.25, 0.3) is 5.91 Å². The van der Waals surface area contributed by atoms with Gasteiger partial charge in [0.2, 0.25) is 5.91 Å². The third kappa shape index (κ3) is 2.76. The lowest BCUT2D eigenvalue weighted by atomic mass is 9.88. The molecule has 0 spiro atoms. The minimum Gasteiger partial charge on any atom is -0.366 e. The summed E-state index contributed by atoms with van der Waals surface area (Å²) >= 11 is 0. The number of rotatable bonds is 4. The number of primary amides is 1. The van der Waals surface area contributed by atoms with E-state index in [-0.39, 0.29) is 11.8 Å². The van der Waals surface area contributed by atoms with Crippen LogP contribution in [0.2, 0.25) is 0 Å². The molecule has 0 bridgehead atoms. The molecule has 5 nitrogen and oxygen atoms in total. The molecule has 1 aromatic rings. The monoisotopic (exact) mass is 261 g/mol. The standard InChI is InChI=1S/C14H19N3O2/c1-8-4-3-5-11(12(8)13(15)18)17-14(19)9(2)10-6-16-7-10/h3-5,9-10,16H,6-7H2,1-2H3,(H2,15,18)(H,17,19). The maximum absolute atomic E-state index is 12.1. The largest absolute Gasteiger partial charge is 0.366 e. The van der Waals surface area contributed by atoms with E-state index < -0.39 is 5.91 Å². The molecule has 1 aliphatic heterocycles. The smallest absolute Gasteiger partial charge is 0.251 e. The number of benzene rings is 1. The Balaban J connectivity index is 2.16. The maximum atomic E-state index is 12.1. The average Bonchev–Trinajstić information content (AvgIpc) is 2.25. The summed E-state index contributed by atoms with van der Waals surface area (Å²) in [7, 11) is 0. The number of hydrogen-bond donors (Lipinski definition) is 3. The Hall–Kier alpha value is -1.88. The van der Waals surface area contributed by atoms with E-state index in [1.54, 1.807) is 25.1 Å². The lowest BCUT2D eigenvalue weighted by Crippen LogP contribution is -2.48. The summed E-state index contributed by atoms with van der Waals surface area (Å²) in [4.78, 5) is 23.6. The van der Waals surface area contributed by atoms with Crippen molar-refractivity contribution in [1.82, 2.24) is 5.32 Å². The molecular weight excluding hydrogens is 242 g/mol. The Morgan fingerprint density at radius 2 is 2.11 bits per heavy atom. The van der Waals surface area contributed by atoms with Crippen molar-refractivity contribution in [3.63, 3.8) is 0 Å². The first-order valence-corrected chi connectivity index (χ1v) is 6.41. The van der Waals surface area contributed by atoms with Crippen LogP contribution in [0, 0.1) is 18.8 Å². The number of nitrogens with two attached hydrogens (primary N) is 1. The second-order valence-electron chi connectivity index (χ2n) is 5.06. The second kappa shape index (κ2) is 5.40. The summed E-state index contributed by atoms with van der Waals surface area (Å²) in [5, 5.41) is 5.96. The molecule has 4 N–H and O–H groups in total. The first-order chi connectivity index (χ1) is 9.00. The number of hydrogen-bond acceptors (Lipinski definition) is 3. The lowest BCUT2D eigenvalue weighted by molar-refractivity contribution is -0.121. The molecule has 1 aromatic carbocycles. The molecule has 0 aromatic heterocycles. The molecule has 0 radical (unpaired) electrons. The Bertz CT molecular complexity index is 509. The number of carbonyl (C=O) groups is 2. The van der Waals surface area contributed by atoms with Gasteiger partial charge in [-0.25, -0.2) is 0 Å². The quantitative estimate of drug-likeness (QED) is 0.752. The van der Waals surface area contributed by atoms with Crippen LogP contribution in [0.1, 0.15) is 22.8 Å². The van der Waals surface area contributed by atoms with E-state index in [1.807, 2.05) is 6.92 Å². The molecule has 1 saturated heterocycles. The highest BCUT2D eigenvalue weighted by Gasteiger charge is 2.29. The number of nitrogens with one attached hydrogen (secondary N) is 2. The fourth-order valence-corrected chi connectivity index (χ4v) is 2.22. The van der Waals surface area contributed by atoms with E-state index in [0.29, 0.717) is 17.2 Å². The van der Waals surface area contributed by atoms with Crippen molar-refractivity contribution in [2.45, 2.75) is 13.8 Å². The van der Waals surface area contributed by atoms with Crippen molar-refractivity contribution in [2.24, 2.45) is 17.6 Å². The van der Waals surface area contributed by atoms with E-state index in [9.17, 15) is 9.59 Å². The van der Waals surface area contributed by atoms with Crippen LogP contribution in [0.4, 0.5) is 5.69 Å². The molecular formula is C14H19N3O2. The van der Waals surface area contributed by atoms with Gasteiger partial charge < -0.3 is 16.4 Å². The predicted molar refractivity (Wildman–Crippen MR) is 73.9 cm³/mol. The molecule has 2 rings (SSSR count). The van der Waals surface area contributed by atoms with Gasteiger partial charge in [-0.1, -0.05) is 19.1 Å². The van der Waals surface area contributed by atoms with Gasteiger partial charge in [-0.3, -0.25) is 9.59 Å². The fourth-order valence-electron chi connectivity index (χ4n) is 2.22. The van der Waals surface area contributed by atoms with E-state index in [2.05, 4.69) is 10.6 Å². The van der Waals surface area contributed by atoms with Gasteiger partial charge in [-0.05, 0) is 37.6 Å². The first-order valence-electron chi connectivity index (χ1n) is 6.41. The summed E-state index contributed by atoms with van der Waals surface area (Å²) in [5.74, 6) is -0.310. The highest BCUT2D eigenvalue weighted by atomic mass is 16.2. The van der Waals surface area contributed by atoms with Gasteiger partial charge in [0, 0.05) is 5.92 Å². The normalized spacial score (nSPS) is 16.5. The molecule has 5 heteroatoms. The van der Waals surface area contributed by atoms with Crippen molar-refractivity contribution in [1.29, 1.82) is 0 Å². The zero-order valence-corrected chi connectivity index (χ0v) is 11.2. The Kier molecular flexibility index (Phi) is 3.85. The van der Waals surface area contributed by atoms with Gasteiger partial charge in [0.1, 0.15) is 0 Å². The maximum Gasteiger partial charge on any atom is 0.251 e. The van der Waals surface area contributed by atoms with Crippen LogP contribution in [0.15, 0.2) is 18.2 Å². The topological polar surface area (TPSA) is 84.2 Å². The summed E-state index contributed by atoms with van der Waals surface area (Å²) < 4.78 is 0. The highest BCUT2D eigenvalue weighted by Crippen LogP contribution is 2.22. The van der Waals surface area contributed by atoms with Crippen LogP contribution < -0.4 is 16.4 Å². The molecule has 1 atom stereocenters. The first kappa shape index (κ1) is 13.5. The summed E-state index contributed by atoms with van der Waals surface area (Å²) in [5.41, 5.74) is 7.01. The molecule has 1 unspecified atom stereocenters. The van der Waals surface area contributed by atoms with Crippen molar-refractivity contribution in [2.75, 3.05) is 18.4 Å². The molecule has 102 valence electrons. The van der Waals surface area contributed by atoms with Crippen LogP contribution in [0.25, 0.3) is 0 Å². The lowest BCUT2D eigenvalue weighted by Gasteiger charge is -2.31. The van der Waals surface area contributed by atoms with Crippen molar-refractivity contribution in [3.8, 4) is 0 Å². The van der Waals surface area contributed by atoms with E-state index >= 15 is 0 Å². The van der Waals surface area contributed by atoms with Crippen molar-refractivity contribution >= 4 is 17.5 Å². The zero-order valence-electron chi connectivity index (χ0n) is 11.2. The molecule has 1 fully saturated rings. The summed E-state index contributed by atoms with van der Waals surface area (Å²) in [6, 6.07) is 5.30. The van der Waals surface area contributed by atoms with Gasteiger partial charge in [-0.2, -0.15) is 0 Å². The van der Waals surface area contributed by atoms with Gasteiger partial charge >= 0.3 is 0 Å². The van der Waals surface area contributed by atoms with Crippen molar-refractivity contribution < 1.29 is 9.59 Å². The number of aryl methyl sites for hydroxylation is 1. The molecule has 1 aliphatic rings. The fraction of sp³-hybridized carbons (Fsp3) is 0.429. The minimum atomic E-state index is -0.522.